The van der Waals surface area contributed by atoms with Gasteiger partial charge in [0, 0.05) is 0 Å². The zero-order valence-corrected chi connectivity index (χ0v) is 12.1. The summed E-state index contributed by atoms with van der Waals surface area (Å²) in [6, 6.07) is 12.9. The Morgan fingerprint density at radius 2 is 1.85 bits per heavy atom. The molecule has 0 radical (unpaired) electrons. The van der Waals surface area contributed by atoms with Gasteiger partial charge in [0.05, 0.1) is 18.7 Å². The van der Waals surface area contributed by atoms with E-state index in [0.29, 0.717) is 11.3 Å². The Morgan fingerprint density at radius 3 is 2.40 bits per heavy atom. The van der Waals surface area contributed by atoms with Gasteiger partial charge in [0.1, 0.15) is 11.6 Å². The van der Waals surface area contributed by atoms with Crippen LogP contribution in [0.25, 0.3) is 0 Å². The van der Waals surface area contributed by atoms with Gasteiger partial charge >= 0.3 is 0 Å². The summed E-state index contributed by atoms with van der Waals surface area (Å²) in [6.07, 6.45) is 0.994. The topological polar surface area (TPSA) is 21.3 Å². The number of rotatable bonds is 5. The van der Waals surface area contributed by atoms with Crippen LogP contribution in [-0.2, 0) is 6.42 Å². The largest absolute Gasteiger partial charge is 0.496 e. The molecule has 0 aliphatic rings. The van der Waals surface area contributed by atoms with Crippen LogP contribution < -0.4 is 10.1 Å². The highest BCUT2D eigenvalue weighted by atomic mass is 19.1. The van der Waals surface area contributed by atoms with Crippen molar-refractivity contribution < 1.29 is 9.13 Å². The number of nitrogens with one attached hydrogen (secondary N) is 1. The number of aryl methyl sites for hydroxylation is 1. The van der Waals surface area contributed by atoms with E-state index in [1.54, 1.807) is 19.2 Å². The summed E-state index contributed by atoms with van der Waals surface area (Å²) in [4.78, 5) is 0. The molecule has 1 N–H and O–H groups in total. The third-order valence-electron chi connectivity index (χ3n) is 3.53. The van der Waals surface area contributed by atoms with Crippen LogP contribution in [0.15, 0.2) is 42.5 Å². The summed E-state index contributed by atoms with van der Waals surface area (Å²) in [5, 5.41) is 3.17. The number of methoxy groups -OCH3 is 1. The second-order valence-electron chi connectivity index (χ2n) is 4.67. The fourth-order valence-corrected chi connectivity index (χ4v) is 2.40. The molecule has 2 aromatic carbocycles. The minimum absolute atomic E-state index is 0.225. The Bertz CT molecular complexity index is 566. The van der Waals surface area contributed by atoms with E-state index >= 15 is 0 Å². The van der Waals surface area contributed by atoms with Crippen LogP contribution in [-0.4, -0.2) is 14.2 Å². The number of hydrogen-bond donors (Lipinski definition) is 1. The Hall–Kier alpha value is -1.87. The SMILES string of the molecule is CCc1ccc(C(NC)c2c(F)cccc2OC)cc1. The van der Waals surface area contributed by atoms with E-state index in [2.05, 4.69) is 24.4 Å². The molecule has 0 fully saturated rings. The van der Waals surface area contributed by atoms with E-state index in [4.69, 9.17) is 4.74 Å². The Kier molecular flexibility index (Phi) is 4.74. The van der Waals surface area contributed by atoms with Gasteiger partial charge in [0.2, 0.25) is 0 Å². The minimum Gasteiger partial charge on any atom is -0.496 e. The Balaban J connectivity index is 2.46. The van der Waals surface area contributed by atoms with Gasteiger partial charge in [-0.05, 0) is 36.7 Å². The molecule has 0 heterocycles. The average molecular weight is 273 g/mol. The normalized spacial score (nSPS) is 12.2. The quantitative estimate of drug-likeness (QED) is 0.896. The summed E-state index contributed by atoms with van der Waals surface area (Å²) in [5.41, 5.74) is 2.83. The molecule has 2 aromatic rings. The second-order valence-corrected chi connectivity index (χ2v) is 4.67. The molecule has 2 rings (SSSR count). The number of hydrogen-bond acceptors (Lipinski definition) is 2. The predicted octanol–water partition coefficient (Wildman–Crippen LogP) is 3.71. The van der Waals surface area contributed by atoms with Crippen LogP contribution in [0.3, 0.4) is 0 Å². The lowest BCUT2D eigenvalue weighted by molar-refractivity contribution is 0.398. The fraction of sp³-hybridized carbons (Fsp3) is 0.294. The number of benzene rings is 2. The van der Waals surface area contributed by atoms with Crippen LogP contribution in [0.5, 0.6) is 5.75 Å². The summed E-state index contributed by atoms with van der Waals surface area (Å²) in [6.45, 7) is 2.12. The highest BCUT2D eigenvalue weighted by Gasteiger charge is 2.20. The lowest BCUT2D eigenvalue weighted by atomic mass is 9.96. The summed E-state index contributed by atoms with van der Waals surface area (Å²) in [5.74, 6) is 0.298. The lowest BCUT2D eigenvalue weighted by Gasteiger charge is -2.20. The molecule has 20 heavy (non-hydrogen) atoms. The first-order valence-electron chi connectivity index (χ1n) is 6.79. The van der Waals surface area contributed by atoms with Gasteiger partial charge in [-0.2, -0.15) is 0 Å². The van der Waals surface area contributed by atoms with Crippen LogP contribution in [0.1, 0.15) is 29.7 Å². The first kappa shape index (κ1) is 14.5. The number of ether oxygens (including phenoxy) is 1. The molecule has 0 bridgehead atoms. The van der Waals surface area contributed by atoms with E-state index in [1.165, 1.54) is 11.6 Å². The van der Waals surface area contributed by atoms with Gasteiger partial charge in [-0.3, -0.25) is 0 Å². The summed E-state index contributed by atoms with van der Waals surface area (Å²) in [7, 11) is 3.38. The van der Waals surface area contributed by atoms with Gasteiger partial charge in [0.15, 0.2) is 0 Å². The Morgan fingerprint density at radius 1 is 1.15 bits per heavy atom. The first-order chi connectivity index (χ1) is 9.71. The van der Waals surface area contributed by atoms with E-state index in [0.717, 1.165) is 12.0 Å². The van der Waals surface area contributed by atoms with Gasteiger partial charge in [-0.1, -0.05) is 37.3 Å². The van der Waals surface area contributed by atoms with E-state index in [1.807, 2.05) is 19.2 Å². The predicted molar refractivity (Wildman–Crippen MR) is 79.7 cm³/mol. The van der Waals surface area contributed by atoms with Crippen molar-refractivity contribution in [3.8, 4) is 5.75 Å². The van der Waals surface area contributed by atoms with Crippen molar-refractivity contribution in [3.63, 3.8) is 0 Å². The second kappa shape index (κ2) is 6.53. The molecule has 0 saturated carbocycles. The molecule has 3 heteroatoms. The zero-order chi connectivity index (χ0) is 14.5. The minimum atomic E-state index is -0.261. The lowest BCUT2D eigenvalue weighted by Crippen LogP contribution is -2.19. The van der Waals surface area contributed by atoms with Crippen LogP contribution in [0, 0.1) is 5.82 Å². The fourth-order valence-electron chi connectivity index (χ4n) is 2.40. The zero-order valence-electron chi connectivity index (χ0n) is 12.1. The number of halogens is 1. The molecule has 1 unspecified atom stereocenters. The maximum Gasteiger partial charge on any atom is 0.132 e. The molecular formula is C17H20FNO. The molecule has 2 nitrogen and oxygen atoms in total. The van der Waals surface area contributed by atoms with Crippen LogP contribution >= 0.6 is 0 Å². The molecule has 0 amide bonds. The van der Waals surface area contributed by atoms with Gasteiger partial charge in [-0.15, -0.1) is 0 Å². The highest BCUT2D eigenvalue weighted by Crippen LogP contribution is 2.32. The molecule has 0 aromatic heterocycles. The monoisotopic (exact) mass is 273 g/mol. The van der Waals surface area contributed by atoms with E-state index in [9.17, 15) is 4.39 Å². The molecular weight excluding hydrogens is 253 g/mol. The molecule has 106 valence electrons. The smallest absolute Gasteiger partial charge is 0.132 e. The maximum absolute atomic E-state index is 14.2. The maximum atomic E-state index is 14.2. The van der Waals surface area contributed by atoms with Crippen molar-refractivity contribution >= 4 is 0 Å². The van der Waals surface area contributed by atoms with Crippen molar-refractivity contribution in [2.24, 2.45) is 0 Å². The van der Waals surface area contributed by atoms with Gasteiger partial charge in [0.25, 0.3) is 0 Å². The third-order valence-corrected chi connectivity index (χ3v) is 3.53. The Labute approximate surface area is 119 Å². The molecule has 0 aliphatic carbocycles. The molecule has 0 spiro atoms. The van der Waals surface area contributed by atoms with Crippen LogP contribution in [0.2, 0.25) is 0 Å². The van der Waals surface area contributed by atoms with Crippen molar-refractivity contribution in [2.75, 3.05) is 14.2 Å². The van der Waals surface area contributed by atoms with Crippen LogP contribution in [0.4, 0.5) is 4.39 Å². The van der Waals surface area contributed by atoms with E-state index in [-0.39, 0.29) is 11.9 Å². The summed E-state index contributed by atoms with van der Waals surface area (Å²) >= 11 is 0. The standard InChI is InChI=1S/C17H20FNO/c1-4-12-8-10-13(11-9-12)17(19-2)16-14(18)6-5-7-15(16)20-3/h5-11,17,19H,4H2,1-3H3. The van der Waals surface area contributed by atoms with Crippen molar-refractivity contribution in [1.82, 2.24) is 5.32 Å². The first-order valence-corrected chi connectivity index (χ1v) is 6.79. The molecule has 0 aliphatic heterocycles. The van der Waals surface area contributed by atoms with Gasteiger partial charge in [-0.25, -0.2) is 4.39 Å². The van der Waals surface area contributed by atoms with E-state index < -0.39 is 0 Å². The third kappa shape index (κ3) is 2.83. The van der Waals surface area contributed by atoms with Gasteiger partial charge < -0.3 is 10.1 Å². The molecule has 0 saturated heterocycles. The van der Waals surface area contributed by atoms with Crippen molar-refractivity contribution in [3.05, 3.63) is 65.0 Å². The molecule has 1 atom stereocenters. The van der Waals surface area contributed by atoms with Crippen molar-refractivity contribution in [1.29, 1.82) is 0 Å². The highest BCUT2D eigenvalue weighted by molar-refractivity contribution is 5.43. The van der Waals surface area contributed by atoms with Crippen molar-refractivity contribution in [2.45, 2.75) is 19.4 Å². The summed E-state index contributed by atoms with van der Waals surface area (Å²) < 4.78 is 19.5. The average Bonchev–Trinajstić information content (AvgIpc) is 2.50.